The summed E-state index contributed by atoms with van der Waals surface area (Å²) in [5.74, 6) is 1.48. The summed E-state index contributed by atoms with van der Waals surface area (Å²) in [7, 11) is 0. The highest BCUT2D eigenvalue weighted by Crippen LogP contribution is 2.22. The molecule has 0 saturated carbocycles. The van der Waals surface area contributed by atoms with Gasteiger partial charge in [-0.1, -0.05) is 18.5 Å². The Kier molecular flexibility index (Phi) is 6.19. The van der Waals surface area contributed by atoms with Gasteiger partial charge in [0.2, 0.25) is 5.89 Å². The van der Waals surface area contributed by atoms with Crippen molar-refractivity contribution in [2.45, 2.75) is 19.9 Å². The van der Waals surface area contributed by atoms with Crippen molar-refractivity contribution in [1.82, 2.24) is 10.3 Å². The van der Waals surface area contributed by atoms with E-state index < -0.39 is 0 Å². The molecule has 0 fully saturated rings. The fourth-order valence-electron chi connectivity index (χ4n) is 1.51. The predicted molar refractivity (Wildman–Crippen MR) is 76.2 cm³/mol. The van der Waals surface area contributed by atoms with Crippen molar-refractivity contribution >= 4 is 24.0 Å². The van der Waals surface area contributed by atoms with Gasteiger partial charge in [-0.2, -0.15) is 0 Å². The smallest absolute Gasteiger partial charge is 0.208 e. The molecule has 1 heterocycles. The number of nitrogens with one attached hydrogen (secondary N) is 1. The van der Waals surface area contributed by atoms with Crippen LogP contribution in [0.5, 0.6) is 0 Å². The zero-order valence-corrected chi connectivity index (χ0v) is 11.7. The van der Waals surface area contributed by atoms with Crippen molar-refractivity contribution in [3.05, 3.63) is 41.4 Å². The quantitative estimate of drug-likeness (QED) is 0.847. The van der Waals surface area contributed by atoms with Crippen molar-refractivity contribution in [2.75, 3.05) is 6.54 Å². The molecule has 0 aliphatic carbocycles. The van der Waals surface area contributed by atoms with Gasteiger partial charge in [-0.15, -0.1) is 12.4 Å². The van der Waals surface area contributed by atoms with Gasteiger partial charge in [-0.25, -0.2) is 4.98 Å². The van der Waals surface area contributed by atoms with Crippen LogP contribution in [-0.4, -0.2) is 11.5 Å². The average Bonchev–Trinajstić information content (AvgIpc) is 2.79. The first kappa shape index (κ1) is 15.0. The summed E-state index contributed by atoms with van der Waals surface area (Å²) in [5.41, 5.74) is 0.989. The molecule has 0 unspecified atom stereocenters. The van der Waals surface area contributed by atoms with Crippen molar-refractivity contribution in [2.24, 2.45) is 0 Å². The highest BCUT2D eigenvalue weighted by atomic mass is 35.5. The van der Waals surface area contributed by atoms with Crippen LogP contribution < -0.4 is 5.32 Å². The molecule has 0 saturated heterocycles. The monoisotopic (exact) mass is 286 g/mol. The van der Waals surface area contributed by atoms with Crippen molar-refractivity contribution in [3.63, 3.8) is 0 Å². The summed E-state index contributed by atoms with van der Waals surface area (Å²) in [5, 5.41) is 3.97. The van der Waals surface area contributed by atoms with Crippen LogP contribution in [-0.2, 0) is 6.54 Å². The van der Waals surface area contributed by atoms with E-state index in [0.717, 1.165) is 29.3 Å². The van der Waals surface area contributed by atoms with E-state index in [4.69, 9.17) is 16.0 Å². The standard InChI is InChI=1S/C13H15ClN2O.ClH/c1-2-7-15-9-13-16-8-12(17-13)10-3-5-11(14)6-4-10;/h3-6,8,15H,2,7,9H2,1H3;1H. The second-order valence-electron chi connectivity index (χ2n) is 3.80. The topological polar surface area (TPSA) is 38.1 Å². The molecular formula is C13H16Cl2N2O. The van der Waals surface area contributed by atoms with Crippen molar-refractivity contribution in [1.29, 1.82) is 0 Å². The molecule has 18 heavy (non-hydrogen) atoms. The summed E-state index contributed by atoms with van der Waals surface area (Å²) in [4.78, 5) is 4.22. The maximum atomic E-state index is 5.83. The lowest BCUT2D eigenvalue weighted by Gasteiger charge is -1.98. The van der Waals surface area contributed by atoms with E-state index in [9.17, 15) is 0 Å². The van der Waals surface area contributed by atoms with Crippen molar-refractivity contribution < 1.29 is 4.42 Å². The van der Waals surface area contributed by atoms with Crippen LogP contribution in [0.15, 0.2) is 34.9 Å². The summed E-state index contributed by atoms with van der Waals surface area (Å²) in [6.45, 7) is 3.77. The minimum Gasteiger partial charge on any atom is -0.439 e. The van der Waals surface area contributed by atoms with Crippen LogP contribution in [0.25, 0.3) is 11.3 Å². The number of rotatable bonds is 5. The van der Waals surface area contributed by atoms with Gasteiger partial charge in [0.25, 0.3) is 0 Å². The van der Waals surface area contributed by atoms with Crippen LogP contribution in [0.3, 0.4) is 0 Å². The number of oxazole rings is 1. The fourth-order valence-corrected chi connectivity index (χ4v) is 1.64. The zero-order chi connectivity index (χ0) is 12.1. The number of halogens is 2. The molecule has 0 spiro atoms. The number of nitrogens with zero attached hydrogens (tertiary/aromatic N) is 1. The summed E-state index contributed by atoms with van der Waals surface area (Å²) < 4.78 is 5.64. The Morgan fingerprint density at radius 3 is 2.67 bits per heavy atom. The molecule has 0 amide bonds. The first-order valence-electron chi connectivity index (χ1n) is 5.71. The van der Waals surface area contributed by atoms with E-state index in [-0.39, 0.29) is 12.4 Å². The van der Waals surface area contributed by atoms with E-state index in [0.29, 0.717) is 12.4 Å². The first-order chi connectivity index (χ1) is 8.29. The minimum atomic E-state index is 0. The lowest BCUT2D eigenvalue weighted by Crippen LogP contribution is -2.13. The largest absolute Gasteiger partial charge is 0.439 e. The van der Waals surface area contributed by atoms with Gasteiger partial charge >= 0.3 is 0 Å². The number of benzene rings is 1. The Balaban J connectivity index is 0.00000162. The van der Waals surface area contributed by atoms with Gasteiger partial charge in [0.1, 0.15) is 0 Å². The summed E-state index contributed by atoms with van der Waals surface area (Å²) >= 11 is 5.83. The molecule has 1 aromatic carbocycles. The van der Waals surface area contributed by atoms with Crippen LogP contribution in [0.2, 0.25) is 5.02 Å². The maximum absolute atomic E-state index is 5.83. The van der Waals surface area contributed by atoms with E-state index in [2.05, 4.69) is 17.2 Å². The molecule has 98 valence electrons. The van der Waals surface area contributed by atoms with Gasteiger partial charge in [-0.05, 0) is 37.2 Å². The highest BCUT2D eigenvalue weighted by Gasteiger charge is 2.05. The third-order valence-electron chi connectivity index (χ3n) is 2.39. The summed E-state index contributed by atoms with van der Waals surface area (Å²) in [6, 6.07) is 7.53. The van der Waals surface area contributed by atoms with Gasteiger partial charge in [0, 0.05) is 10.6 Å². The van der Waals surface area contributed by atoms with Crippen LogP contribution >= 0.6 is 24.0 Å². The molecule has 3 nitrogen and oxygen atoms in total. The third kappa shape index (κ3) is 4.02. The Morgan fingerprint density at radius 2 is 2.00 bits per heavy atom. The number of hydrogen-bond acceptors (Lipinski definition) is 3. The van der Waals surface area contributed by atoms with Gasteiger partial charge in [0.15, 0.2) is 5.76 Å². The molecule has 0 aliphatic heterocycles. The lowest BCUT2D eigenvalue weighted by atomic mass is 10.2. The predicted octanol–water partition coefficient (Wildman–Crippen LogP) is 3.92. The molecule has 1 N–H and O–H groups in total. The van der Waals surface area contributed by atoms with Crippen LogP contribution in [0.1, 0.15) is 19.2 Å². The normalized spacial score (nSPS) is 10.1. The van der Waals surface area contributed by atoms with Gasteiger partial charge in [-0.3, -0.25) is 0 Å². The molecule has 0 aliphatic rings. The molecule has 5 heteroatoms. The number of hydrogen-bond donors (Lipinski definition) is 1. The molecule has 0 bridgehead atoms. The third-order valence-corrected chi connectivity index (χ3v) is 2.64. The molecule has 1 aromatic heterocycles. The molecular weight excluding hydrogens is 271 g/mol. The van der Waals surface area contributed by atoms with E-state index in [1.54, 1.807) is 6.20 Å². The lowest BCUT2D eigenvalue weighted by molar-refractivity contribution is 0.478. The molecule has 0 radical (unpaired) electrons. The first-order valence-corrected chi connectivity index (χ1v) is 6.08. The van der Waals surface area contributed by atoms with E-state index in [1.165, 1.54) is 0 Å². The molecule has 0 atom stereocenters. The average molecular weight is 287 g/mol. The second kappa shape index (κ2) is 7.41. The van der Waals surface area contributed by atoms with Crippen LogP contribution in [0, 0.1) is 0 Å². The SMILES string of the molecule is CCCNCc1ncc(-c2ccc(Cl)cc2)o1.Cl. The van der Waals surface area contributed by atoms with Gasteiger partial charge in [0.05, 0.1) is 12.7 Å². The molecule has 2 rings (SSSR count). The highest BCUT2D eigenvalue weighted by molar-refractivity contribution is 6.30. The zero-order valence-electron chi connectivity index (χ0n) is 10.1. The Hall–Kier alpha value is -1.03. The van der Waals surface area contributed by atoms with E-state index >= 15 is 0 Å². The Labute approximate surface area is 118 Å². The Bertz CT molecular complexity index is 468. The van der Waals surface area contributed by atoms with E-state index in [1.807, 2.05) is 24.3 Å². The van der Waals surface area contributed by atoms with Crippen LogP contribution in [0.4, 0.5) is 0 Å². The molecule has 2 aromatic rings. The summed E-state index contributed by atoms with van der Waals surface area (Å²) in [6.07, 6.45) is 2.84. The Morgan fingerprint density at radius 1 is 1.28 bits per heavy atom. The fraction of sp³-hybridized carbons (Fsp3) is 0.308. The second-order valence-corrected chi connectivity index (χ2v) is 4.24. The van der Waals surface area contributed by atoms with Crippen molar-refractivity contribution in [3.8, 4) is 11.3 Å². The maximum Gasteiger partial charge on any atom is 0.208 e. The number of aromatic nitrogens is 1. The minimum absolute atomic E-state index is 0. The van der Waals surface area contributed by atoms with Gasteiger partial charge < -0.3 is 9.73 Å².